The van der Waals surface area contributed by atoms with Crippen LogP contribution in [0.3, 0.4) is 0 Å². The second kappa shape index (κ2) is 5.00. The average Bonchev–Trinajstić information content (AvgIpc) is 2.86. The molecular weight excluding hydrogens is 388 g/mol. The zero-order chi connectivity index (χ0) is 15.3. The summed E-state index contributed by atoms with van der Waals surface area (Å²) in [4.78, 5) is 11.8. The number of hydrogen-bond donors (Lipinski definition) is 1. The van der Waals surface area contributed by atoms with Crippen molar-refractivity contribution < 1.29 is 27.8 Å². The summed E-state index contributed by atoms with van der Waals surface area (Å²) in [7, 11) is 0. The molecule has 0 aromatic carbocycles. The molecular formula is C13H18F3IO3. The van der Waals surface area contributed by atoms with Crippen LogP contribution in [0.4, 0.5) is 13.2 Å². The summed E-state index contributed by atoms with van der Waals surface area (Å²) in [6.45, 7) is 3.42. The van der Waals surface area contributed by atoms with E-state index in [9.17, 15) is 23.1 Å². The van der Waals surface area contributed by atoms with Crippen molar-refractivity contribution in [3.63, 3.8) is 0 Å². The van der Waals surface area contributed by atoms with Crippen molar-refractivity contribution in [2.45, 2.75) is 48.3 Å². The predicted octanol–water partition coefficient (Wildman–Crippen LogP) is 3.08. The summed E-state index contributed by atoms with van der Waals surface area (Å²) < 4.78 is 45.5. The average molecular weight is 406 g/mol. The van der Waals surface area contributed by atoms with Gasteiger partial charge in [0.25, 0.3) is 5.85 Å². The van der Waals surface area contributed by atoms with E-state index in [0.717, 1.165) is 0 Å². The fourth-order valence-electron chi connectivity index (χ4n) is 3.08. The van der Waals surface area contributed by atoms with E-state index < -0.39 is 38.9 Å². The minimum atomic E-state index is -3.76. The molecule has 116 valence electrons. The third kappa shape index (κ3) is 2.34. The van der Waals surface area contributed by atoms with Gasteiger partial charge in [-0.05, 0) is 26.2 Å². The number of hydrogen-bond acceptors (Lipinski definition) is 3. The Kier molecular flexibility index (Phi) is 4.08. The number of carbonyl (C=O) groups is 1. The van der Waals surface area contributed by atoms with Crippen LogP contribution in [0, 0.1) is 17.8 Å². The molecule has 0 aromatic heterocycles. The highest BCUT2D eigenvalue weighted by Crippen LogP contribution is 2.62. The second-order valence-electron chi connectivity index (χ2n) is 5.98. The molecule has 2 bridgehead atoms. The number of esters is 1. The molecule has 0 heterocycles. The molecule has 1 N–H and O–H groups in total. The Morgan fingerprint density at radius 3 is 2.50 bits per heavy atom. The molecule has 0 spiro atoms. The first-order valence-electron chi connectivity index (χ1n) is 6.69. The highest BCUT2D eigenvalue weighted by molar-refractivity contribution is 14.1. The first kappa shape index (κ1) is 16.3. The van der Waals surface area contributed by atoms with Crippen molar-refractivity contribution in [3.8, 4) is 0 Å². The topological polar surface area (TPSA) is 46.5 Å². The minimum Gasteiger partial charge on any atom is -0.464 e. The second-order valence-corrected chi connectivity index (χ2v) is 8.36. The van der Waals surface area contributed by atoms with E-state index in [0.29, 0.717) is 6.42 Å². The molecule has 20 heavy (non-hydrogen) atoms. The number of carbonyl (C=O) groups excluding carboxylic acids is 1. The van der Waals surface area contributed by atoms with Gasteiger partial charge in [-0.25, -0.2) is 4.39 Å². The van der Waals surface area contributed by atoms with E-state index in [4.69, 9.17) is 4.74 Å². The highest BCUT2D eigenvalue weighted by Gasteiger charge is 2.74. The zero-order valence-corrected chi connectivity index (χ0v) is 13.5. The number of ether oxygens (including phenoxy) is 1. The quantitative estimate of drug-likeness (QED) is 0.444. The van der Waals surface area contributed by atoms with Crippen LogP contribution in [0.2, 0.25) is 0 Å². The van der Waals surface area contributed by atoms with Gasteiger partial charge >= 0.3 is 11.9 Å². The van der Waals surface area contributed by atoms with Gasteiger partial charge in [0.2, 0.25) is 0 Å². The Bertz CT molecular complexity index is 412. The monoisotopic (exact) mass is 406 g/mol. The third-order valence-electron chi connectivity index (χ3n) is 4.69. The van der Waals surface area contributed by atoms with E-state index in [1.54, 1.807) is 6.92 Å². The molecule has 5 atom stereocenters. The molecule has 0 aromatic rings. The Hall–Kier alpha value is -0.0500. The van der Waals surface area contributed by atoms with E-state index in [1.165, 1.54) is 0 Å². The molecule has 2 fully saturated rings. The maximum absolute atomic E-state index is 13.7. The lowest BCUT2D eigenvalue weighted by atomic mass is 9.83. The van der Waals surface area contributed by atoms with Crippen molar-refractivity contribution in [1.29, 1.82) is 0 Å². The smallest absolute Gasteiger partial charge is 0.321 e. The molecule has 0 amide bonds. The first-order valence-corrected chi connectivity index (χ1v) is 7.77. The van der Waals surface area contributed by atoms with Gasteiger partial charge in [0.15, 0.2) is 0 Å². The first-order chi connectivity index (χ1) is 9.04. The van der Waals surface area contributed by atoms with Crippen LogP contribution >= 0.6 is 22.6 Å². The molecule has 2 aliphatic carbocycles. The van der Waals surface area contributed by atoms with Gasteiger partial charge < -0.3 is 9.84 Å². The molecule has 0 saturated heterocycles. The normalized spacial score (nSPS) is 41.5. The summed E-state index contributed by atoms with van der Waals surface area (Å²) in [5.41, 5.74) is 0. The van der Waals surface area contributed by atoms with Gasteiger partial charge in [0, 0.05) is 17.8 Å². The maximum Gasteiger partial charge on any atom is 0.321 e. The summed E-state index contributed by atoms with van der Waals surface area (Å²) >= 11 is 1.97. The maximum atomic E-state index is 13.7. The lowest BCUT2D eigenvalue weighted by Gasteiger charge is -2.36. The van der Waals surface area contributed by atoms with Crippen LogP contribution in [-0.2, 0) is 9.53 Å². The Morgan fingerprint density at radius 2 is 2.05 bits per heavy atom. The highest BCUT2D eigenvalue weighted by atomic mass is 127. The van der Waals surface area contributed by atoms with Crippen molar-refractivity contribution in [2.24, 2.45) is 17.8 Å². The van der Waals surface area contributed by atoms with E-state index in [-0.39, 0.29) is 19.4 Å². The molecule has 3 nitrogen and oxygen atoms in total. The van der Waals surface area contributed by atoms with Gasteiger partial charge in [0.05, 0.1) is 6.61 Å². The lowest BCUT2D eigenvalue weighted by Crippen LogP contribution is -2.52. The van der Waals surface area contributed by atoms with Gasteiger partial charge in [0.1, 0.15) is 3.42 Å². The number of rotatable bonds is 4. The van der Waals surface area contributed by atoms with Crippen LogP contribution in [0.25, 0.3) is 0 Å². The SMILES string of the molecule is CCC(C)(I)C(=O)OCC1CC2CC1C(F)(F)C2(O)F. The van der Waals surface area contributed by atoms with Crippen LogP contribution < -0.4 is 0 Å². The summed E-state index contributed by atoms with van der Waals surface area (Å²) in [5, 5.41) is 9.25. The minimum absolute atomic E-state index is 0.0580. The van der Waals surface area contributed by atoms with Crippen LogP contribution in [0.15, 0.2) is 0 Å². The summed E-state index contributed by atoms with van der Waals surface area (Å²) in [5.74, 6) is -10.5. The van der Waals surface area contributed by atoms with Crippen LogP contribution in [0.5, 0.6) is 0 Å². The molecule has 7 heteroatoms. The largest absolute Gasteiger partial charge is 0.464 e. The zero-order valence-electron chi connectivity index (χ0n) is 11.3. The molecule has 2 saturated carbocycles. The Balaban J connectivity index is 1.97. The molecule has 2 aliphatic rings. The number of fused-ring (bicyclic) bond motifs is 2. The lowest BCUT2D eigenvalue weighted by molar-refractivity contribution is -0.285. The van der Waals surface area contributed by atoms with Crippen LogP contribution in [-0.4, -0.2) is 32.9 Å². The Morgan fingerprint density at radius 1 is 1.45 bits per heavy atom. The summed E-state index contributed by atoms with van der Waals surface area (Å²) in [6.07, 6.45) is 0.644. The fraction of sp³-hybridized carbons (Fsp3) is 0.923. The molecule has 5 unspecified atom stereocenters. The number of aliphatic hydroxyl groups is 1. The number of alkyl halides is 4. The van der Waals surface area contributed by atoms with Crippen molar-refractivity contribution in [1.82, 2.24) is 0 Å². The van der Waals surface area contributed by atoms with E-state index in [2.05, 4.69) is 0 Å². The summed E-state index contributed by atoms with van der Waals surface area (Å²) in [6, 6.07) is 0. The number of halogens is 4. The fourth-order valence-corrected chi connectivity index (χ4v) is 3.23. The van der Waals surface area contributed by atoms with Gasteiger partial charge in [-0.1, -0.05) is 29.5 Å². The van der Waals surface area contributed by atoms with Crippen molar-refractivity contribution in [2.75, 3.05) is 6.61 Å². The van der Waals surface area contributed by atoms with E-state index >= 15 is 0 Å². The predicted molar refractivity (Wildman–Crippen MR) is 74.4 cm³/mol. The molecule has 0 aliphatic heterocycles. The van der Waals surface area contributed by atoms with E-state index in [1.807, 2.05) is 29.5 Å². The van der Waals surface area contributed by atoms with Gasteiger partial charge in [-0.2, -0.15) is 8.78 Å². The standard InChI is InChI=1S/C13H18F3IO3/c1-3-11(2,17)10(18)20-6-7-4-8-5-9(7)12(14,15)13(8,16)19/h7-9,19H,3-6H2,1-2H3. The Labute approximate surface area is 129 Å². The van der Waals surface area contributed by atoms with Crippen LogP contribution in [0.1, 0.15) is 33.1 Å². The van der Waals surface area contributed by atoms with Crippen molar-refractivity contribution in [3.05, 3.63) is 0 Å². The van der Waals surface area contributed by atoms with Gasteiger partial charge in [-0.15, -0.1) is 0 Å². The van der Waals surface area contributed by atoms with Crippen molar-refractivity contribution >= 4 is 28.6 Å². The molecule has 0 radical (unpaired) electrons. The molecule has 2 rings (SSSR count). The van der Waals surface area contributed by atoms with Gasteiger partial charge in [-0.3, -0.25) is 4.79 Å². The third-order valence-corrected chi connectivity index (χ3v) is 5.89.